The van der Waals surface area contributed by atoms with Gasteiger partial charge in [0.2, 0.25) is 0 Å². The van der Waals surface area contributed by atoms with Gasteiger partial charge in [-0.25, -0.2) is 0 Å². The van der Waals surface area contributed by atoms with E-state index in [1.807, 2.05) is 36.2 Å². The number of hydrogen-bond donors (Lipinski definition) is 1. The topological polar surface area (TPSA) is 49.8 Å². The van der Waals surface area contributed by atoms with Gasteiger partial charge < -0.3 is 14.7 Å². The zero-order valence-electron chi connectivity index (χ0n) is 12.7. The van der Waals surface area contributed by atoms with Gasteiger partial charge in [0.1, 0.15) is 5.75 Å². The van der Waals surface area contributed by atoms with E-state index in [1.165, 1.54) is 0 Å². The fourth-order valence-corrected chi connectivity index (χ4v) is 4.05. The van der Waals surface area contributed by atoms with E-state index in [9.17, 15) is 9.90 Å². The van der Waals surface area contributed by atoms with Crippen LogP contribution < -0.4 is 4.74 Å². The first-order valence-electron chi connectivity index (χ1n) is 7.68. The van der Waals surface area contributed by atoms with Crippen LogP contribution in [0.5, 0.6) is 5.75 Å². The number of fused-ring (bicyclic) bond motifs is 1. The Morgan fingerprint density at radius 1 is 1.19 bits per heavy atom. The number of carbonyl (C=O) groups excluding carboxylic acids is 1. The lowest BCUT2D eigenvalue weighted by Crippen LogP contribution is -2.36. The van der Waals surface area contributed by atoms with E-state index in [0.29, 0.717) is 23.1 Å². The second-order valence-electron chi connectivity index (χ2n) is 6.39. The average Bonchev–Trinajstić information content (AvgIpc) is 3.02. The number of para-hydroxylation sites is 1. The molecule has 2 aliphatic rings. The third kappa shape index (κ3) is 2.64. The predicted molar refractivity (Wildman–Crippen MR) is 80.3 cm³/mol. The van der Waals surface area contributed by atoms with Crippen LogP contribution in [-0.4, -0.2) is 42.2 Å². The summed E-state index contributed by atoms with van der Waals surface area (Å²) in [5, 5.41) is 9.72. The maximum atomic E-state index is 12.7. The van der Waals surface area contributed by atoms with Gasteiger partial charge in [-0.2, -0.15) is 0 Å². The second-order valence-corrected chi connectivity index (χ2v) is 6.39. The second kappa shape index (κ2) is 5.68. The fraction of sp³-hybridized carbons (Fsp3) is 0.588. The van der Waals surface area contributed by atoms with Gasteiger partial charge in [-0.3, -0.25) is 4.79 Å². The molecule has 114 valence electrons. The number of hydrogen-bond acceptors (Lipinski definition) is 3. The summed E-state index contributed by atoms with van der Waals surface area (Å²) in [6.07, 6.45) is 3.70. The molecule has 4 atom stereocenters. The van der Waals surface area contributed by atoms with Crippen molar-refractivity contribution >= 4 is 5.91 Å². The van der Waals surface area contributed by atoms with Crippen molar-refractivity contribution in [3.8, 4) is 5.75 Å². The van der Waals surface area contributed by atoms with Gasteiger partial charge in [0.05, 0.1) is 18.8 Å². The van der Waals surface area contributed by atoms with Crippen molar-refractivity contribution in [2.45, 2.75) is 37.8 Å². The molecule has 0 aromatic heterocycles. The van der Waals surface area contributed by atoms with E-state index in [-0.39, 0.29) is 18.1 Å². The number of nitrogens with zero attached hydrogens (tertiary/aromatic N) is 1. The van der Waals surface area contributed by atoms with E-state index in [4.69, 9.17) is 4.74 Å². The Hall–Kier alpha value is -1.55. The van der Waals surface area contributed by atoms with E-state index >= 15 is 0 Å². The molecule has 2 saturated carbocycles. The Bertz CT molecular complexity index is 517. The fourth-order valence-electron chi connectivity index (χ4n) is 4.05. The molecule has 1 amide bonds. The minimum Gasteiger partial charge on any atom is -0.496 e. The van der Waals surface area contributed by atoms with Crippen LogP contribution in [0.3, 0.4) is 0 Å². The van der Waals surface area contributed by atoms with Crippen LogP contribution in [0.15, 0.2) is 24.3 Å². The monoisotopic (exact) mass is 289 g/mol. The van der Waals surface area contributed by atoms with Gasteiger partial charge in [-0.05, 0) is 49.7 Å². The summed E-state index contributed by atoms with van der Waals surface area (Å²) in [4.78, 5) is 14.6. The molecular formula is C17H23NO3. The van der Waals surface area contributed by atoms with E-state index in [0.717, 1.165) is 25.7 Å². The molecule has 2 aliphatic carbocycles. The minimum atomic E-state index is -0.129. The van der Waals surface area contributed by atoms with Crippen LogP contribution in [0.25, 0.3) is 0 Å². The standard InChI is InChI=1S/C17H23NO3/c1-18(13-7-11-9-14(19)10-12(11)8-13)17(20)15-5-3-4-6-16(15)21-2/h3-6,11-14,19H,7-10H2,1-2H3/t11-,12+,13?,14?. The molecule has 0 heterocycles. The zero-order chi connectivity index (χ0) is 15.0. The molecule has 3 rings (SSSR count). The third-order valence-electron chi connectivity index (χ3n) is 5.17. The van der Waals surface area contributed by atoms with Crippen molar-refractivity contribution in [2.75, 3.05) is 14.2 Å². The van der Waals surface area contributed by atoms with Crippen molar-refractivity contribution < 1.29 is 14.6 Å². The van der Waals surface area contributed by atoms with Gasteiger partial charge in [0.15, 0.2) is 0 Å². The highest BCUT2D eigenvalue weighted by atomic mass is 16.5. The largest absolute Gasteiger partial charge is 0.496 e. The summed E-state index contributed by atoms with van der Waals surface area (Å²) < 4.78 is 5.29. The maximum absolute atomic E-state index is 12.7. The normalized spacial score (nSPS) is 31.0. The lowest BCUT2D eigenvalue weighted by molar-refractivity contribution is 0.0719. The maximum Gasteiger partial charge on any atom is 0.257 e. The smallest absolute Gasteiger partial charge is 0.257 e. The Labute approximate surface area is 125 Å². The number of ether oxygens (including phenoxy) is 1. The minimum absolute atomic E-state index is 0.0259. The van der Waals surface area contributed by atoms with Crippen molar-refractivity contribution in [3.05, 3.63) is 29.8 Å². The van der Waals surface area contributed by atoms with Crippen LogP contribution in [0, 0.1) is 11.8 Å². The van der Waals surface area contributed by atoms with Gasteiger partial charge in [-0.15, -0.1) is 0 Å². The number of aliphatic hydroxyl groups excluding tert-OH is 1. The highest BCUT2D eigenvalue weighted by Crippen LogP contribution is 2.45. The Morgan fingerprint density at radius 2 is 1.81 bits per heavy atom. The summed E-state index contributed by atoms with van der Waals surface area (Å²) in [6, 6.07) is 7.66. The van der Waals surface area contributed by atoms with Crippen molar-refractivity contribution in [2.24, 2.45) is 11.8 Å². The number of aliphatic hydroxyl groups is 1. The molecule has 4 nitrogen and oxygen atoms in total. The molecule has 2 unspecified atom stereocenters. The summed E-state index contributed by atoms with van der Waals surface area (Å²) in [5.74, 6) is 1.82. The number of methoxy groups -OCH3 is 1. The molecule has 0 aliphatic heterocycles. The first-order valence-corrected chi connectivity index (χ1v) is 7.68. The summed E-state index contributed by atoms with van der Waals surface area (Å²) in [5.41, 5.74) is 0.625. The van der Waals surface area contributed by atoms with E-state index in [2.05, 4.69) is 0 Å². The van der Waals surface area contributed by atoms with Crippen LogP contribution >= 0.6 is 0 Å². The first kappa shape index (κ1) is 14.4. The van der Waals surface area contributed by atoms with Gasteiger partial charge in [-0.1, -0.05) is 12.1 Å². The molecule has 1 N–H and O–H groups in total. The highest BCUT2D eigenvalue weighted by Gasteiger charge is 2.43. The van der Waals surface area contributed by atoms with Crippen LogP contribution in [0.4, 0.5) is 0 Å². The Balaban J connectivity index is 1.71. The SMILES string of the molecule is COc1ccccc1C(=O)N(C)C1C[C@H]2CC(O)C[C@H]2C1. The highest BCUT2D eigenvalue weighted by molar-refractivity contribution is 5.97. The average molecular weight is 289 g/mol. The van der Waals surface area contributed by atoms with Gasteiger partial charge in [0.25, 0.3) is 5.91 Å². The number of rotatable bonds is 3. The van der Waals surface area contributed by atoms with Gasteiger partial charge >= 0.3 is 0 Å². The van der Waals surface area contributed by atoms with Crippen LogP contribution in [0.1, 0.15) is 36.0 Å². The molecule has 0 bridgehead atoms. The zero-order valence-corrected chi connectivity index (χ0v) is 12.7. The molecule has 21 heavy (non-hydrogen) atoms. The molecule has 1 aromatic rings. The lowest BCUT2D eigenvalue weighted by Gasteiger charge is -2.26. The molecule has 0 radical (unpaired) electrons. The van der Waals surface area contributed by atoms with E-state index in [1.54, 1.807) is 7.11 Å². The lowest BCUT2D eigenvalue weighted by atomic mass is 10.0. The van der Waals surface area contributed by atoms with Crippen LogP contribution in [0.2, 0.25) is 0 Å². The molecule has 0 spiro atoms. The molecular weight excluding hydrogens is 266 g/mol. The van der Waals surface area contributed by atoms with Crippen molar-refractivity contribution in [1.29, 1.82) is 0 Å². The molecule has 4 heteroatoms. The third-order valence-corrected chi connectivity index (χ3v) is 5.17. The van der Waals surface area contributed by atoms with Crippen LogP contribution in [-0.2, 0) is 0 Å². The quantitative estimate of drug-likeness (QED) is 0.929. The Morgan fingerprint density at radius 3 is 2.43 bits per heavy atom. The predicted octanol–water partition coefficient (Wildman–Crippen LogP) is 2.32. The number of amides is 1. The number of benzene rings is 1. The van der Waals surface area contributed by atoms with Crippen molar-refractivity contribution in [3.63, 3.8) is 0 Å². The molecule has 2 fully saturated rings. The number of carbonyl (C=O) groups is 1. The van der Waals surface area contributed by atoms with Gasteiger partial charge in [0, 0.05) is 13.1 Å². The van der Waals surface area contributed by atoms with Crippen molar-refractivity contribution in [1.82, 2.24) is 4.90 Å². The summed E-state index contributed by atoms with van der Waals surface area (Å²) in [6.45, 7) is 0. The Kier molecular flexibility index (Phi) is 3.89. The summed E-state index contributed by atoms with van der Waals surface area (Å²) in [7, 11) is 3.48. The van der Waals surface area contributed by atoms with E-state index < -0.39 is 0 Å². The first-order chi connectivity index (χ1) is 10.1. The summed E-state index contributed by atoms with van der Waals surface area (Å²) >= 11 is 0. The molecule has 0 saturated heterocycles. The molecule has 1 aromatic carbocycles.